The average Bonchev–Trinajstić information content (AvgIpc) is 3.20. The molecule has 0 aliphatic carbocycles. The maximum atomic E-state index is 6.13. The molecule has 0 spiro atoms. The van der Waals surface area contributed by atoms with E-state index in [2.05, 4.69) is 40.6 Å². The number of hydrogen-bond donors (Lipinski definition) is 2. The van der Waals surface area contributed by atoms with E-state index in [0.29, 0.717) is 6.54 Å². The Bertz CT molecular complexity index is 993. The summed E-state index contributed by atoms with van der Waals surface area (Å²) in [5, 5.41) is 11.4. The first-order valence-electron chi connectivity index (χ1n) is 9.88. The van der Waals surface area contributed by atoms with Gasteiger partial charge in [0.15, 0.2) is 5.96 Å². The van der Waals surface area contributed by atoms with Crippen LogP contribution in [0.15, 0.2) is 72.0 Å². The molecule has 4 rings (SSSR count). The highest BCUT2D eigenvalue weighted by atomic mass is 16.5. The molecule has 2 heterocycles. The summed E-state index contributed by atoms with van der Waals surface area (Å²) in [6, 6.07) is 18.4. The Morgan fingerprint density at radius 3 is 2.72 bits per heavy atom. The summed E-state index contributed by atoms with van der Waals surface area (Å²) in [5.41, 5.74) is 3.06. The topological polar surface area (TPSA) is 63.5 Å². The van der Waals surface area contributed by atoms with E-state index in [-0.39, 0.29) is 11.6 Å². The summed E-state index contributed by atoms with van der Waals surface area (Å²) >= 11 is 0. The van der Waals surface area contributed by atoms with E-state index in [1.165, 1.54) is 0 Å². The minimum absolute atomic E-state index is 0.133. The maximum Gasteiger partial charge on any atom is 0.191 e. The molecule has 0 radical (unpaired) electrons. The van der Waals surface area contributed by atoms with Gasteiger partial charge in [-0.05, 0) is 32.0 Å². The molecule has 2 N–H and O–H groups in total. The second-order valence-corrected chi connectivity index (χ2v) is 7.86. The van der Waals surface area contributed by atoms with Gasteiger partial charge in [0.05, 0.1) is 17.9 Å². The number of guanidine groups is 1. The van der Waals surface area contributed by atoms with E-state index in [1.54, 1.807) is 7.05 Å². The van der Waals surface area contributed by atoms with Gasteiger partial charge in [0.1, 0.15) is 11.4 Å². The van der Waals surface area contributed by atoms with Gasteiger partial charge in [0, 0.05) is 37.3 Å². The van der Waals surface area contributed by atoms with Gasteiger partial charge in [-0.15, -0.1) is 0 Å². The van der Waals surface area contributed by atoms with E-state index in [1.807, 2.05) is 65.6 Å². The molecule has 2 aromatic carbocycles. The Kier molecular flexibility index (Phi) is 5.25. The summed E-state index contributed by atoms with van der Waals surface area (Å²) < 4.78 is 8.01. The highest BCUT2D eigenvalue weighted by Gasteiger charge is 2.33. The van der Waals surface area contributed by atoms with Crippen molar-refractivity contribution in [1.82, 2.24) is 20.4 Å². The molecule has 6 nitrogen and oxygen atoms in total. The molecule has 0 fully saturated rings. The number of aliphatic imine (C=N–C) groups is 1. The van der Waals surface area contributed by atoms with E-state index in [9.17, 15) is 0 Å². The van der Waals surface area contributed by atoms with Gasteiger partial charge in [-0.2, -0.15) is 5.10 Å². The molecule has 150 valence electrons. The SMILES string of the molecule is CN=C(NCc1cnn(-c2ccccc2)c1)NC1CC(C)(C)Oc2ccccc21. The predicted molar refractivity (Wildman–Crippen MR) is 115 cm³/mol. The van der Waals surface area contributed by atoms with Gasteiger partial charge in [0.25, 0.3) is 0 Å². The number of benzene rings is 2. The average molecular weight is 390 g/mol. The third kappa shape index (κ3) is 4.42. The van der Waals surface area contributed by atoms with Crippen LogP contribution < -0.4 is 15.4 Å². The quantitative estimate of drug-likeness (QED) is 0.526. The zero-order valence-electron chi connectivity index (χ0n) is 17.1. The first-order chi connectivity index (χ1) is 14.0. The first kappa shape index (κ1) is 19.1. The van der Waals surface area contributed by atoms with Crippen LogP contribution in [0.2, 0.25) is 0 Å². The molecule has 0 saturated carbocycles. The fourth-order valence-corrected chi connectivity index (χ4v) is 3.65. The van der Waals surface area contributed by atoms with Crippen LogP contribution in [0.1, 0.15) is 37.4 Å². The molecule has 3 aromatic rings. The van der Waals surface area contributed by atoms with Crippen LogP contribution >= 0.6 is 0 Å². The van der Waals surface area contributed by atoms with Crippen LogP contribution in [0.3, 0.4) is 0 Å². The van der Waals surface area contributed by atoms with Crippen LogP contribution in [0, 0.1) is 0 Å². The van der Waals surface area contributed by atoms with Crippen molar-refractivity contribution in [2.75, 3.05) is 7.05 Å². The summed E-state index contributed by atoms with van der Waals surface area (Å²) in [6.45, 7) is 4.87. The van der Waals surface area contributed by atoms with Crippen molar-refractivity contribution < 1.29 is 4.74 Å². The number of nitrogens with one attached hydrogen (secondary N) is 2. The zero-order chi connectivity index (χ0) is 20.3. The van der Waals surface area contributed by atoms with Crippen molar-refractivity contribution in [1.29, 1.82) is 0 Å². The molecule has 1 aliphatic rings. The lowest BCUT2D eigenvalue weighted by molar-refractivity contribution is 0.0694. The van der Waals surface area contributed by atoms with Crippen molar-refractivity contribution in [2.45, 2.75) is 38.5 Å². The van der Waals surface area contributed by atoms with Gasteiger partial charge in [-0.25, -0.2) is 4.68 Å². The lowest BCUT2D eigenvalue weighted by Crippen LogP contribution is -2.45. The maximum absolute atomic E-state index is 6.13. The summed E-state index contributed by atoms with van der Waals surface area (Å²) in [5.74, 6) is 1.69. The molecular formula is C23H27N5O. The van der Waals surface area contributed by atoms with E-state index >= 15 is 0 Å². The van der Waals surface area contributed by atoms with Crippen molar-refractivity contribution in [3.8, 4) is 11.4 Å². The van der Waals surface area contributed by atoms with E-state index < -0.39 is 0 Å². The van der Waals surface area contributed by atoms with Crippen LogP contribution in [0.4, 0.5) is 0 Å². The van der Waals surface area contributed by atoms with E-state index in [0.717, 1.165) is 34.9 Å². The summed E-state index contributed by atoms with van der Waals surface area (Å²) in [7, 11) is 1.79. The number of ether oxygens (including phenoxy) is 1. The number of nitrogens with zero attached hydrogens (tertiary/aromatic N) is 3. The third-order valence-electron chi connectivity index (χ3n) is 5.03. The van der Waals surface area contributed by atoms with Gasteiger partial charge < -0.3 is 15.4 Å². The molecule has 29 heavy (non-hydrogen) atoms. The van der Waals surface area contributed by atoms with Crippen molar-refractivity contribution in [3.63, 3.8) is 0 Å². The Morgan fingerprint density at radius 1 is 1.17 bits per heavy atom. The van der Waals surface area contributed by atoms with Crippen LogP contribution in [0.5, 0.6) is 5.75 Å². The Hall–Kier alpha value is -3.28. The number of para-hydroxylation sites is 2. The minimum atomic E-state index is -0.234. The molecular weight excluding hydrogens is 362 g/mol. The third-order valence-corrected chi connectivity index (χ3v) is 5.03. The molecule has 1 atom stereocenters. The summed E-state index contributed by atoms with van der Waals surface area (Å²) in [6.07, 6.45) is 4.76. The molecule has 1 unspecified atom stereocenters. The Balaban J connectivity index is 1.43. The largest absolute Gasteiger partial charge is 0.487 e. The number of fused-ring (bicyclic) bond motifs is 1. The van der Waals surface area contributed by atoms with Gasteiger partial charge in [-0.3, -0.25) is 4.99 Å². The second kappa shape index (κ2) is 7.99. The highest BCUT2D eigenvalue weighted by Crippen LogP contribution is 2.39. The number of hydrogen-bond acceptors (Lipinski definition) is 3. The second-order valence-electron chi connectivity index (χ2n) is 7.86. The zero-order valence-corrected chi connectivity index (χ0v) is 17.1. The number of aromatic nitrogens is 2. The van der Waals surface area contributed by atoms with Gasteiger partial charge in [0.2, 0.25) is 0 Å². The molecule has 6 heteroatoms. The first-order valence-corrected chi connectivity index (χ1v) is 9.88. The smallest absolute Gasteiger partial charge is 0.191 e. The van der Waals surface area contributed by atoms with Gasteiger partial charge >= 0.3 is 0 Å². The lowest BCUT2D eigenvalue weighted by atomic mass is 9.90. The standard InChI is InChI=1S/C23H27N5O/c1-23(2)13-20(19-11-7-8-12-21(19)29-23)27-22(24-3)25-14-17-15-26-28(16-17)18-9-5-4-6-10-18/h4-12,15-16,20H,13-14H2,1-3H3,(H2,24,25,27). The molecule has 1 aromatic heterocycles. The Morgan fingerprint density at radius 2 is 1.93 bits per heavy atom. The van der Waals surface area contributed by atoms with Crippen LogP contribution in [-0.2, 0) is 6.54 Å². The predicted octanol–water partition coefficient (Wildman–Crippen LogP) is 3.84. The fraction of sp³-hybridized carbons (Fsp3) is 0.304. The monoisotopic (exact) mass is 389 g/mol. The van der Waals surface area contributed by atoms with E-state index in [4.69, 9.17) is 4.74 Å². The molecule has 0 bridgehead atoms. The lowest BCUT2D eigenvalue weighted by Gasteiger charge is -2.38. The Labute approximate surface area is 171 Å². The normalized spacial score (nSPS) is 17.9. The highest BCUT2D eigenvalue weighted by molar-refractivity contribution is 5.80. The van der Waals surface area contributed by atoms with Gasteiger partial charge in [-0.1, -0.05) is 36.4 Å². The van der Waals surface area contributed by atoms with Crippen LogP contribution in [-0.4, -0.2) is 28.4 Å². The van der Waals surface area contributed by atoms with Crippen LogP contribution in [0.25, 0.3) is 5.69 Å². The van der Waals surface area contributed by atoms with Crippen molar-refractivity contribution in [2.24, 2.45) is 4.99 Å². The molecule has 0 amide bonds. The fourth-order valence-electron chi connectivity index (χ4n) is 3.65. The molecule has 1 aliphatic heterocycles. The number of rotatable bonds is 4. The van der Waals surface area contributed by atoms with Crippen molar-refractivity contribution in [3.05, 3.63) is 78.1 Å². The molecule has 0 saturated heterocycles. The van der Waals surface area contributed by atoms with Crippen molar-refractivity contribution >= 4 is 5.96 Å². The minimum Gasteiger partial charge on any atom is -0.487 e. The summed E-state index contributed by atoms with van der Waals surface area (Å²) in [4.78, 5) is 4.41.